The summed E-state index contributed by atoms with van der Waals surface area (Å²) >= 11 is 1.55. The first-order valence-electron chi connectivity index (χ1n) is 8.38. The maximum absolute atomic E-state index is 10.6. The molecular weight excluding hydrogens is 461 g/mol. The van der Waals surface area contributed by atoms with Crippen molar-refractivity contribution in [2.75, 3.05) is 20.2 Å². The van der Waals surface area contributed by atoms with Gasteiger partial charge in [-0.15, -0.1) is 35.3 Å². The van der Waals surface area contributed by atoms with Gasteiger partial charge in [-0.1, -0.05) is 18.2 Å². The first-order chi connectivity index (χ1) is 12.0. The molecule has 1 unspecified atom stereocenters. The first-order valence-corrected chi connectivity index (χ1v) is 9.26. The highest BCUT2D eigenvalue weighted by molar-refractivity contribution is 14.0. The Balaban J connectivity index is 0.00000338. The highest BCUT2D eigenvalue weighted by Crippen LogP contribution is 2.24. The highest BCUT2D eigenvalue weighted by Gasteiger charge is 2.24. The third-order valence-corrected chi connectivity index (χ3v) is 5.01. The molecule has 0 aliphatic rings. The van der Waals surface area contributed by atoms with Gasteiger partial charge in [-0.05, 0) is 49.4 Å². The number of rotatable bonds is 7. The molecule has 0 amide bonds. The van der Waals surface area contributed by atoms with Gasteiger partial charge in [-0.3, -0.25) is 0 Å². The van der Waals surface area contributed by atoms with Gasteiger partial charge in [0.2, 0.25) is 0 Å². The monoisotopic (exact) mass is 489 g/mol. The number of nitrogens with one attached hydrogen (secondary N) is 2. The van der Waals surface area contributed by atoms with E-state index >= 15 is 0 Å². The fourth-order valence-corrected chi connectivity index (χ4v) is 3.19. The summed E-state index contributed by atoms with van der Waals surface area (Å²) in [6.07, 6.45) is 0. The molecule has 3 N–H and O–H groups in total. The first kappa shape index (κ1) is 22.7. The van der Waals surface area contributed by atoms with Crippen LogP contribution in [0.25, 0.3) is 0 Å². The van der Waals surface area contributed by atoms with E-state index in [2.05, 4.69) is 15.6 Å². The predicted octanol–water partition coefficient (Wildman–Crippen LogP) is 3.65. The SMILES string of the molecule is CCNC(=NCc1ccc(C)c(OC)c1)NCC(C)(O)c1cccs1.I. The zero-order chi connectivity index (χ0) is 18.3. The zero-order valence-electron chi connectivity index (χ0n) is 15.7. The summed E-state index contributed by atoms with van der Waals surface area (Å²) in [5, 5.41) is 19.0. The van der Waals surface area contributed by atoms with Crippen LogP contribution in [0.4, 0.5) is 0 Å². The molecule has 2 rings (SSSR count). The van der Waals surface area contributed by atoms with Crippen LogP contribution in [0.2, 0.25) is 0 Å². The molecule has 0 aliphatic carbocycles. The number of aryl methyl sites for hydroxylation is 1. The minimum atomic E-state index is -0.933. The van der Waals surface area contributed by atoms with Crippen molar-refractivity contribution in [3.8, 4) is 5.75 Å². The van der Waals surface area contributed by atoms with Crippen LogP contribution in [-0.4, -0.2) is 31.3 Å². The largest absolute Gasteiger partial charge is 0.496 e. The van der Waals surface area contributed by atoms with E-state index in [0.29, 0.717) is 19.0 Å². The molecule has 7 heteroatoms. The van der Waals surface area contributed by atoms with E-state index in [1.165, 1.54) is 0 Å². The molecule has 0 spiro atoms. The van der Waals surface area contributed by atoms with Crippen molar-refractivity contribution in [3.63, 3.8) is 0 Å². The lowest BCUT2D eigenvalue weighted by Crippen LogP contribution is -2.44. The third kappa shape index (κ3) is 6.44. The van der Waals surface area contributed by atoms with Crippen molar-refractivity contribution in [2.45, 2.75) is 32.9 Å². The van der Waals surface area contributed by atoms with Crippen molar-refractivity contribution >= 4 is 41.3 Å². The van der Waals surface area contributed by atoms with Gasteiger partial charge in [0.05, 0.1) is 20.2 Å². The molecular formula is C19H28IN3O2S. The molecule has 144 valence electrons. The summed E-state index contributed by atoms with van der Waals surface area (Å²) in [4.78, 5) is 5.53. The quantitative estimate of drug-likeness (QED) is 0.316. The number of hydrogen-bond donors (Lipinski definition) is 3. The summed E-state index contributed by atoms with van der Waals surface area (Å²) in [5.74, 6) is 1.55. The second-order valence-corrected chi connectivity index (χ2v) is 7.05. The molecule has 1 aromatic heterocycles. The summed E-state index contributed by atoms with van der Waals surface area (Å²) in [6, 6.07) is 9.97. The van der Waals surface area contributed by atoms with Crippen molar-refractivity contribution in [1.29, 1.82) is 0 Å². The van der Waals surface area contributed by atoms with Crippen molar-refractivity contribution in [1.82, 2.24) is 10.6 Å². The molecule has 5 nitrogen and oxygen atoms in total. The Morgan fingerprint density at radius 3 is 2.69 bits per heavy atom. The number of methoxy groups -OCH3 is 1. The Morgan fingerprint density at radius 1 is 1.31 bits per heavy atom. The maximum atomic E-state index is 10.6. The van der Waals surface area contributed by atoms with Crippen LogP contribution in [0, 0.1) is 6.92 Å². The lowest BCUT2D eigenvalue weighted by atomic mass is 10.1. The number of aliphatic imine (C=N–C) groups is 1. The number of hydrogen-bond acceptors (Lipinski definition) is 4. The fourth-order valence-electron chi connectivity index (χ4n) is 2.40. The molecule has 0 radical (unpaired) electrons. The molecule has 0 aliphatic heterocycles. The fraction of sp³-hybridized carbons (Fsp3) is 0.421. The average molecular weight is 489 g/mol. The number of aliphatic hydroxyl groups is 1. The number of ether oxygens (including phenoxy) is 1. The van der Waals surface area contributed by atoms with Crippen LogP contribution in [0.3, 0.4) is 0 Å². The van der Waals surface area contributed by atoms with E-state index in [1.54, 1.807) is 25.4 Å². The van der Waals surface area contributed by atoms with Crippen LogP contribution < -0.4 is 15.4 Å². The molecule has 0 saturated carbocycles. The van der Waals surface area contributed by atoms with E-state index in [-0.39, 0.29) is 24.0 Å². The normalized spacial score (nSPS) is 13.5. The van der Waals surface area contributed by atoms with E-state index in [9.17, 15) is 5.11 Å². The Labute approximate surface area is 176 Å². The van der Waals surface area contributed by atoms with Crippen LogP contribution in [0.15, 0.2) is 40.7 Å². The molecule has 26 heavy (non-hydrogen) atoms. The Kier molecular flexibility index (Phi) is 9.38. The van der Waals surface area contributed by atoms with Gasteiger partial charge in [-0.25, -0.2) is 4.99 Å². The van der Waals surface area contributed by atoms with Crippen molar-refractivity contribution in [2.24, 2.45) is 4.99 Å². The molecule has 1 atom stereocenters. The molecule has 0 fully saturated rings. The van der Waals surface area contributed by atoms with Crippen LogP contribution in [0.5, 0.6) is 5.75 Å². The van der Waals surface area contributed by atoms with E-state index in [1.807, 2.05) is 49.6 Å². The van der Waals surface area contributed by atoms with E-state index in [4.69, 9.17) is 4.74 Å². The van der Waals surface area contributed by atoms with Crippen LogP contribution >= 0.6 is 35.3 Å². The Hall–Kier alpha value is -1.32. The van der Waals surface area contributed by atoms with Gasteiger partial charge >= 0.3 is 0 Å². The van der Waals surface area contributed by atoms with Crippen LogP contribution in [0.1, 0.15) is 29.9 Å². The molecule has 2 aromatic rings. The van der Waals surface area contributed by atoms with Gasteiger partial charge in [0.25, 0.3) is 0 Å². The molecule has 0 saturated heterocycles. The predicted molar refractivity (Wildman–Crippen MR) is 120 cm³/mol. The number of guanidine groups is 1. The van der Waals surface area contributed by atoms with Crippen LogP contribution in [-0.2, 0) is 12.1 Å². The Morgan fingerprint density at radius 2 is 2.08 bits per heavy atom. The average Bonchev–Trinajstić information content (AvgIpc) is 3.14. The van der Waals surface area contributed by atoms with Crippen molar-refractivity contribution in [3.05, 3.63) is 51.7 Å². The van der Waals surface area contributed by atoms with Gasteiger partial charge in [0, 0.05) is 11.4 Å². The smallest absolute Gasteiger partial charge is 0.191 e. The number of nitrogens with zero attached hydrogens (tertiary/aromatic N) is 1. The third-order valence-electron chi connectivity index (χ3n) is 3.89. The minimum absolute atomic E-state index is 0. The second-order valence-electron chi connectivity index (χ2n) is 6.10. The Bertz CT molecular complexity index is 703. The molecule has 1 heterocycles. The standard InChI is InChI=1S/C19H27N3O2S.HI/c1-5-20-18(22-13-19(3,23)17-7-6-10-25-17)21-12-15-9-8-14(2)16(11-15)24-4;/h6-11,23H,5,12-13H2,1-4H3,(H2,20,21,22);1H. The molecule has 1 aromatic carbocycles. The van der Waals surface area contributed by atoms with E-state index < -0.39 is 5.60 Å². The van der Waals surface area contributed by atoms with Gasteiger partial charge in [0.1, 0.15) is 11.4 Å². The summed E-state index contributed by atoms with van der Waals surface area (Å²) in [7, 11) is 1.67. The number of benzene rings is 1. The van der Waals surface area contributed by atoms with Gasteiger partial charge in [-0.2, -0.15) is 0 Å². The maximum Gasteiger partial charge on any atom is 0.191 e. The summed E-state index contributed by atoms with van der Waals surface area (Å²) in [6.45, 7) is 7.52. The second kappa shape index (κ2) is 10.7. The van der Waals surface area contributed by atoms with Crippen molar-refractivity contribution < 1.29 is 9.84 Å². The summed E-state index contributed by atoms with van der Waals surface area (Å²) in [5.41, 5.74) is 1.24. The zero-order valence-corrected chi connectivity index (χ0v) is 18.9. The lowest BCUT2D eigenvalue weighted by molar-refractivity contribution is 0.0655. The van der Waals surface area contributed by atoms with E-state index in [0.717, 1.165) is 28.3 Å². The topological polar surface area (TPSA) is 65.9 Å². The molecule has 0 bridgehead atoms. The summed E-state index contributed by atoms with van der Waals surface area (Å²) < 4.78 is 5.36. The van der Waals surface area contributed by atoms with Gasteiger partial charge < -0.3 is 20.5 Å². The number of thiophene rings is 1. The van der Waals surface area contributed by atoms with Gasteiger partial charge in [0.15, 0.2) is 5.96 Å². The highest BCUT2D eigenvalue weighted by atomic mass is 127. The minimum Gasteiger partial charge on any atom is -0.496 e. The number of halogens is 1. The lowest BCUT2D eigenvalue weighted by Gasteiger charge is -2.23.